The number of anilines is 1. The average Bonchev–Trinajstić information content (AvgIpc) is 2.39. The van der Waals surface area contributed by atoms with Crippen molar-refractivity contribution >= 4 is 17.5 Å². The van der Waals surface area contributed by atoms with E-state index in [1.54, 1.807) is 6.92 Å². The molecule has 0 radical (unpaired) electrons. The highest BCUT2D eigenvalue weighted by Gasteiger charge is 2.33. The molecule has 96 valence electrons. The van der Waals surface area contributed by atoms with E-state index < -0.39 is 6.04 Å². The lowest BCUT2D eigenvalue weighted by Gasteiger charge is -2.32. The maximum absolute atomic E-state index is 12.2. The Morgan fingerprint density at radius 2 is 2.22 bits per heavy atom. The largest absolute Gasteiger partial charge is 0.344 e. The highest BCUT2D eigenvalue weighted by molar-refractivity contribution is 6.00. The standard InChI is InChI=1S/C13H16N2O3/c1-3-12(16)14-10-8-9-6-4-5-7-11(9)15(18-2)13(10)17/h4-7,10H,3,8H2,1-2H3,(H,14,16)/t10-/m1/s1. The van der Waals surface area contributed by atoms with Crippen LogP contribution in [0.4, 0.5) is 5.69 Å². The van der Waals surface area contributed by atoms with E-state index in [4.69, 9.17) is 4.84 Å². The predicted octanol–water partition coefficient (Wildman–Crippen LogP) is 1.03. The summed E-state index contributed by atoms with van der Waals surface area (Å²) in [4.78, 5) is 28.7. The van der Waals surface area contributed by atoms with Crippen molar-refractivity contribution in [3.05, 3.63) is 29.8 Å². The third kappa shape index (κ3) is 2.22. The number of carbonyl (C=O) groups is 2. The molecule has 0 aliphatic carbocycles. The normalized spacial score (nSPS) is 18.4. The Kier molecular flexibility index (Phi) is 3.62. The number of hydroxylamine groups is 1. The Bertz CT molecular complexity index is 473. The van der Waals surface area contributed by atoms with Gasteiger partial charge in [0, 0.05) is 12.8 Å². The van der Waals surface area contributed by atoms with Gasteiger partial charge in [-0.2, -0.15) is 5.06 Å². The molecule has 5 heteroatoms. The topological polar surface area (TPSA) is 58.6 Å². The van der Waals surface area contributed by atoms with E-state index in [1.807, 2.05) is 24.3 Å². The third-order valence-electron chi connectivity index (χ3n) is 2.97. The van der Waals surface area contributed by atoms with Gasteiger partial charge in [0.15, 0.2) is 0 Å². The van der Waals surface area contributed by atoms with Gasteiger partial charge in [0.05, 0.1) is 12.8 Å². The summed E-state index contributed by atoms with van der Waals surface area (Å²) >= 11 is 0. The zero-order valence-electron chi connectivity index (χ0n) is 10.5. The van der Waals surface area contributed by atoms with E-state index in [-0.39, 0.29) is 11.8 Å². The molecule has 5 nitrogen and oxygen atoms in total. The van der Waals surface area contributed by atoms with Crippen LogP contribution >= 0.6 is 0 Å². The first kappa shape index (κ1) is 12.6. The van der Waals surface area contributed by atoms with Crippen molar-refractivity contribution in [1.82, 2.24) is 5.32 Å². The molecule has 2 amide bonds. The quantitative estimate of drug-likeness (QED) is 0.869. The number of nitrogens with zero attached hydrogens (tertiary/aromatic N) is 1. The molecule has 2 rings (SSSR count). The molecule has 1 aliphatic heterocycles. The van der Waals surface area contributed by atoms with E-state index >= 15 is 0 Å². The number of hydrogen-bond donors (Lipinski definition) is 1. The van der Waals surface area contributed by atoms with E-state index in [2.05, 4.69) is 5.32 Å². The van der Waals surface area contributed by atoms with Crippen LogP contribution in [0.25, 0.3) is 0 Å². The first-order valence-electron chi connectivity index (χ1n) is 5.92. The molecule has 1 aliphatic rings. The number of amides is 2. The zero-order valence-corrected chi connectivity index (χ0v) is 10.5. The van der Waals surface area contributed by atoms with E-state index in [9.17, 15) is 9.59 Å². The molecule has 0 saturated carbocycles. The van der Waals surface area contributed by atoms with Crippen LogP contribution in [-0.4, -0.2) is 25.0 Å². The van der Waals surface area contributed by atoms with Crippen LogP contribution in [0.2, 0.25) is 0 Å². The van der Waals surface area contributed by atoms with Gasteiger partial charge < -0.3 is 5.32 Å². The van der Waals surface area contributed by atoms with Crippen molar-refractivity contribution in [3.63, 3.8) is 0 Å². The van der Waals surface area contributed by atoms with Crippen LogP contribution < -0.4 is 10.4 Å². The molecule has 0 fully saturated rings. The van der Waals surface area contributed by atoms with Gasteiger partial charge in [-0.15, -0.1) is 0 Å². The minimum Gasteiger partial charge on any atom is -0.344 e. The second-order valence-electron chi connectivity index (χ2n) is 4.12. The fourth-order valence-electron chi connectivity index (χ4n) is 2.05. The minimum absolute atomic E-state index is 0.135. The molecular weight excluding hydrogens is 232 g/mol. The monoisotopic (exact) mass is 248 g/mol. The molecule has 1 N–H and O–H groups in total. The Balaban J connectivity index is 2.28. The highest BCUT2D eigenvalue weighted by Crippen LogP contribution is 2.27. The first-order valence-corrected chi connectivity index (χ1v) is 5.92. The summed E-state index contributed by atoms with van der Waals surface area (Å²) in [5.41, 5.74) is 1.73. The van der Waals surface area contributed by atoms with Gasteiger partial charge in [-0.25, -0.2) is 0 Å². The van der Waals surface area contributed by atoms with Gasteiger partial charge in [0.1, 0.15) is 6.04 Å². The lowest BCUT2D eigenvalue weighted by atomic mass is 9.98. The molecule has 0 aromatic heterocycles. The molecule has 0 unspecified atom stereocenters. The summed E-state index contributed by atoms with van der Waals surface area (Å²) in [6, 6.07) is 6.96. The summed E-state index contributed by atoms with van der Waals surface area (Å²) in [5.74, 6) is -0.373. The fourth-order valence-corrected chi connectivity index (χ4v) is 2.05. The summed E-state index contributed by atoms with van der Waals surface area (Å²) in [5, 5.41) is 3.95. The second-order valence-corrected chi connectivity index (χ2v) is 4.12. The van der Waals surface area contributed by atoms with Crippen LogP contribution in [0.5, 0.6) is 0 Å². The summed E-state index contributed by atoms with van der Waals surface area (Å²) in [6.45, 7) is 1.75. The van der Waals surface area contributed by atoms with Gasteiger partial charge >= 0.3 is 0 Å². The fraction of sp³-hybridized carbons (Fsp3) is 0.385. The first-order chi connectivity index (χ1) is 8.67. The highest BCUT2D eigenvalue weighted by atomic mass is 16.7. The van der Waals surface area contributed by atoms with Crippen molar-refractivity contribution in [3.8, 4) is 0 Å². The molecule has 1 aromatic rings. The Morgan fingerprint density at radius 1 is 1.50 bits per heavy atom. The van der Waals surface area contributed by atoms with Crippen molar-refractivity contribution in [2.24, 2.45) is 0 Å². The molecule has 1 atom stereocenters. The molecular formula is C13H16N2O3. The van der Waals surface area contributed by atoms with Crippen LogP contribution in [-0.2, 0) is 20.8 Å². The van der Waals surface area contributed by atoms with Crippen LogP contribution in [0.15, 0.2) is 24.3 Å². The lowest BCUT2D eigenvalue weighted by molar-refractivity contribution is -0.131. The minimum atomic E-state index is -0.549. The number of rotatable bonds is 3. The molecule has 0 saturated heterocycles. The van der Waals surface area contributed by atoms with Crippen molar-refractivity contribution in [2.75, 3.05) is 12.2 Å². The maximum atomic E-state index is 12.2. The molecule has 0 bridgehead atoms. The number of carbonyl (C=O) groups excluding carboxylic acids is 2. The van der Waals surface area contributed by atoms with Gasteiger partial charge in [-0.05, 0) is 11.6 Å². The van der Waals surface area contributed by atoms with E-state index in [0.29, 0.717) is 12.8 Å². The Labute approximate surface area is 106 Å². The van der Waals surface area contributed by atoms with Gasteiger partial charge in [0.25, 0.3) is 5.91 Å². The van der Waals surface area contributed by atoms with Crippen molar-refractivity contribution < 1.29 is 14.4 Å². The maximum Gasteiger partial charge on any atom is 0.273 e. The lowest BCUT2D eigenvalue weighted by Crippen LogP contribution is -2.52. The predicted molar refractivity (Wildman–Crippen MR) is 66.9 cm³/mol. The molecule has 1 aromatic carbocycles. The van der Waals surface area contributed by atoms with Gasteiger partial charge in [-0.3, -0.25) is 14.4 Å². The van der Waals surface area contributed by atoms with E-state index in [0.717, 1.165) is 11.3 Å². The number of nitrogens with one attached hydrogen (secondary N) is 1. The van der Waals surface area contributed by atoms with Crippen molar-refractivity contribution in [2.45, 2.75) is 25.8 Å². The smallest absolute Gasteiger partial charge is 0.273 e. The number of benzene rings is 1. The summed E-state index contributed by atoms with van der Waals surface area (Å²) in [7, 11) is 1.44. The molecule has 0 spiro atoms. The third-order valence-corrected chi connectivity index (χ3v) is 2.97. The average molecular weight is 248 g/mol. The SMILES string of the molecule is CCC(=O)N[C@@H]1Cc2ccccc2N(OC)C1=O. The molecule has 18 heavy (non-hydrogen) atoms. The van der Waals surface area contributed by atoms with E-state index in [1.165, 1.54) is 12.2 Å². The van der Waals surface area contributed by atoms with Gasteiger partial charge in [-0.1, -0.05) is 25.1 Å². The van der Waals surface area contributed by atoms with Crippen LogP contribution in [0, 0.1) is 0 Å². The van der Waals surface area contributed by atoms with Crippen LogP contribution in [0.1, 0.15) is 18.9 Å². The number of hydrogen-bond acceptors (Lipinski definition) is 3. The molecule has 1 heterocycles. The second kappa shape index (κ2) is 5.18. The zero-order chi connectivity index (χ0) is 13.1. The summed E-state index contributed by atoms with van der Waals surface area (Å²) in [6.07, 6.45) is 0.860. The van der Waals surface area contributed by atoms with Crippen LogP contribution in [0.3, 0.4) is 0 Å². The number of fused-ring (bicyclic) bond motifs is 1. The van der Waals surface area contributed by atoms with Gasteiger partial charge in [0.2, 0.25) is 5.91 Å². The summed E-state index contributed by atoms with van der Waals surface area (Å²) < 4.78 is 0. The number of para-hydroxylation sites is 1. The Morgan fingerprint density at radius 3 is 2.89 bits per heavy atom. The van der Waals surface area contributed by atoms with Crippen molar-refractivity contribution in [1.29, 1.82) is 0 Å². The Hall–Kier alpha value is -1.88.